The number of para-hydroxylation sites is 1. The van der Waals surface area contributed by atoms with Gasteiger partial charge in [0.25, 0.3) is 0 Å². The number of fused-ring (bicyclic) bond motifs is 1. The number of carbonyl (C=O) groups excluding carboxylic acids is 15. The zero-order valence-electron chi connectivity index (χ0n) is 77.1. The Morgan fingerprint density at radius 3 is 1.43 bits per heavy atom. The molecule has 708 valence electrons. The van der Waals surface area contributed by atoms with Gasteiger partial charge in [-0.15, -0.1) is 11.8 Å². The minimum absolute atomic E-state index is 0.0585. The number of phenolic OH excluding ortho intramolecular Hbond substituents is 3. The van der Waals surface area contributed by atoms with Gasteiger partial charge in [-0.05, 0) is 113 Å². The van der Waals surface area contributed by atoms with E-state index in [1.54, 1.807) is 161 Å². The fourth-order valence-corrected chi connectivity index (χ4v) is 17.2. The van der Waals surface area contributed by atoms with Crippen LogP contribution in [0, 0.1) is 23.7 Å². The molecule has 11 atom stereocenters. The van der Waals surface area contributed by atoms with Crippen molar-refractivity contribution in [2.45, 2.75) is 185 Å². The highest BCUT2D eigenvalue weighted by molar-refractivity contribution is 8.00. The van der Waals surface area contributed by atoms with Gasteiger partial charge in [0.1, 0.15) is 71.4 Å². The maximum Gasteiger partial charge on any atom is 0.246 e. The van der Waals surface area contributed by atoms with E-state index in [1.807, 2.05) is 6.92 Å². The summed E-state index contributed by atoms with van der Waals surface area (Å²) in [5, 5.41) is 48.8. The number of aromatic hydroxyl groups is 3. The van der Waals surface area contributed by atoms with Gasteiger partial charge in [0.05, 0.1) is 24.9 Å². The van der Waals surface area contributed by atoms with E-state index < -0.39 is 205 Å². The second kappa shape index (κ2) is 50.2. The van der Waals surface area contributed by atoms with Gasteiger partial charge in [0, 0.05) is 134 Å². The molecular weight excluding hydrogens is 1720 g/mol. The fraction of sp³-hybridized carbons (Fsp3) is 0.416. The van der Waals surface area contributed by atoms with Gasteiger partial charge >= 0.3 is 0 Å². The molecular formula is C101H125N13O18S. The molecule has 12 amide bonds. The number of thioether (sulfide) groups is 1. The zero-order chi connectivity index (χ0) is 96.7. The molecule has 0 aliphatic carbocycles. The summed E-state index contributed by atoms with van der Waals surface area (Å²) in [6.45, 7) is 7.60. The number of hydrogen-bond donors (Lipinski definition) is 11. The Bertz CT molecular complexity index is 5330. The number of H-pyrrole nitrogens is 1. The monoisotopic (exact) mass is 1840 g/mol. The summed E-state index contributed by atoms with van der Waals surface area (Å²) < 4.78 is 0. The van der Waals surface area contributed by atoms with Crippen molar-refractivity contribution in [1.29, 1.82) is 0 Å². The van der Waals surface area contributed by atoms with Gasteiger partial charge in [-0.1, -0.05) is 193 Å². The number of amides is 12. The summed E-state index contributed by atoms with van der Waals surface area (Å²) >= 11 is 0.890. The van der Waals surface area contributed by atoms with Crippen molar-refractivity contribution in [2.75, 3.05) is 59.8 Å². The Hall–Kier alpha value is -13.5. The van der Waals surface area contributed by atoms with E-state index in [0.717, 1.165) is 16.7 Å². The summed E-state index contributed by atoms with van der Waals surface area (Å²) in [5.41, 5.74) is 10.00. The van der Waals surface area contributed by atoms with E-state index in [2.05, 4.69) is 36.9 Å². The first-order valence-corrected chi connectivity index (χ1v) is 46.1. The van der Waals surface area contributed by atoms with Crippen LogP contribution < -0.4 is 37.6 Å². The smallest absolute Gasteiger partial charge is 0.246 e. The number of nitrogens with one attached hydrogen (secondary N) is 7. The van der Waals surface area contributed by atoms with E-state index in [1.165, 1.54) is 116 Å². The molecule has 1 aromatic heterocycles. The minimum atomic E-state index is -1.57. The number of aromatic nitrogens is 1. The lowest BCUT2D eigenvalue weighted by atomic mass is 9.82. The zero-order valence-corrected chi connectivity index (χ0v) is 77.9. The third-order valence-corrected chi connectivity index (χ3v) is 25.0. The Labute approximate surface area is 780 Å². The minimum Gasteiger partial charge on any atom is -0.508 e. The highest BCUT2D eigenvalue weighted by Gasteiger charge is 2.42. The number of aromatic amines is 1. The molecule has 1 aliphatic heterocycles. The molecule has 1 fully saturated rings. The predicted octanol–water partition coefficient (Wildman–Crippen LogP) is 7.21. The standard InChI is InChI=1S/C101H125N13O18S/c1-11-12-32-85-100(131)110(6)58-75(118)54-70(48-67-33-39-72(115)40-34-67)89(120)56-77(63(4)5)97(128)113(9)86(52-65-26-18-14-19-27-65)96(127)108-82(51-69-37-43-74(117)44-38-69)98(129)111(7)59-91(122)104-81(55-71-57-103-78-31-23-22-30-76(71)78)95(126)107-80(49-68-35-41-73(116)42-36-68)94(125)106-79(47-62(2)3)93(124)109-84(88(119)45-46-90(102)121)60-133-61-92(123)105-83(50-64-24-16-13-17-25-64)99(130)114(10)87(101(132)112(85)8)53-66-28-20-15-21-29-66/h13-31,33-44,57,62-63,70,77,79-87,103,115-117H,11-12,32,45-56,58-61H2,1-10H3,(H2,102,121)(H,104,122)(H,105,123)(H,106,125)(H,107,126)(H,108,127)(H,109,124)/t70-,77+,79+,80+,81+,82+,83+,84+,85+,86+,87+/m1/s1. The first kappa shape index (κ1) is 103. The molecule has 9 rings (SSSR count). The van der Waals surface area contributed by atoms with Crippen LogP contribution in [0.4, 0.5) is 0 Å². The molecule has 12 N–H and O–H groups in total. The number of likely N-dealkylation sites (N-methyl/N-ethyl adjacent to an activating group) is 5. The lowest BCUT2D eigenvalue weighted by molar-refractivity contribution is -0.151. The molecule has 0 saturated carbocycles. The number of benzene rings is 7. The lowest BCUT2D eigenvalue weighted by Gasteiger charge is -2.37. The van der Waals surface area contributed by atoms with Crippen molar-refractivity contribution < 1.29 is 87.2 Å². The molecule has 31 nitrogen and oxygen atoms in total. The van der Waals surface area contributed by atoms with Crippen LogP contribution >= 0.6 is 11.8 Å². The predicted molar refractivity (Wildman–Crippen MR) is 505 cm³/mol. The van der Waals surface area contributed by atoms with E-state index in [0.29, 0.717) is 62.7 Å². The molecule has 0 radical (unpaired) electrons. The molecule has 2 heterocycles. The van der Waals surface area contributed by atoms with Gasteiger partial charge in [0.15, 0.2) is 11.6 Å². The number of nitrogens with two attached hydrogens (primary N) is 1. The Balaban J connectivity index is 1.12. The second-order valence-electron chi connectivity index (χ2n) is 35.2. The Morgan fingerprint density at radius 1 is 0.436 bits per heavy atom. The number of unbranched alkanes of at least 4 members (excludes halogenated alkanes) is 1. The molecule has 8 aromatic rings. The summed E-state index contributed by atoms with van der Waals surface area (Å²) in [6, 6.07) is 38.2. The van der Waals surface area contributed by atoms with Crippen LogP contribution in [-0.2, 0) is 117 Å². The number of carbonyl (C=O) groups is 15. The van der Waals surface area contributed by atoms with E-state index in [-0.39, 0.29) is 86.7 Å². The van der Waals surface area contributed by atoms with Gasteiger partial charge < -0.3 is 82.4 Å². The van der Waals surface area contributed by atoms with E-state index in [4.69, 9.17) is 5.73 Å². The highest BCUT2D eigenvalue weighted by atomic mass is 32.2. The largest absolute Gasteiger partial charge is 0.508 e. The molecule has 0 spiro atoms. The third kappa shape index (κ3) is 31.1. The lowest BCUT2D eigenvalue weighted by Crippen LogP contribution is -2.59. The van der Waals surface area contributed by atoms with E-state index >= 15 is 47.9 Å². The van der Waals surface area contributed by atoms with Crippen molar-refractivity contribution in [1.82, 2.24) is 61.4 Å². The highest BCUT2D eigenvalue weighted by Crippen LogP contribution is 2.29. The van der Waals surface area contributed by atoms with Crippen LogP contribution in [0.2, 0.25) is 0 Å². The van der Waals surface area contributed by atoms with Crippen LogP contribution in [0.25, 0.3) is 10.9 Å². The quantitative estimate of drug-likeness (QED) is 0.0284. The molecule has 1 saturated heterocycles. The maximum atomic E-state index is 15.7. The summed E-state index contributed by atoms with van der Waals surface area (Å²) in [4.78, 5) is 234. The van der Waals surface area contributed by atoms with Gasteiger partial charge in [-0.25, -0.2) is 0 Å². The van der Waals surface area contributed by atoms with Crippen molar-refractivity contribution in [3.8, 4) is 17.2 Å². The fourth-order valence-electron chi connectivity index (χ4n) is 16.4. The van der Waals surface area contributed by atoms with Gasteiger partial charge in [-0.2, -0.15) is 0 Å². The first-order valence-electron chi connectivity index (χ1n) is 45.0. The number of nitrogens with zero attached hydrogens (tertiary/aromatic N) is 5. The van der Waals surface area contributed by atoms with Crippen molar-refractivity contribution >= 4 is 111 Å². The molecule has 32 heteroatoms. The molecule has 0 unspecified atom stereocenters. The summed E-state index contributed by atoms with van der Waals surface area (Å²) in [6.07, 6.45) is -0.192. The summed E-state index contributed by atoms with van der Waals surface area (Å²) in [5.74, 6) is -15.5. The number of hydrogen-bond acceptors (Lipinski definition) is 19. The number of primary amides is 1. The van der Waals surface area contributed by atoms with Crippen LogP contribution in [0.3, 0.4) is 0 Å². The van der Waals surface area contributed by atoms with Crippen molar-refractivity contribution in [3.05, 3.63) is 233 Å². The Morgan fingerprint density at radius 2 is 0.887 bits per heavy atom. The third-order valence-electron chi connectivity index (χ3n) is 24.0. The van der Waals surface area contributed by atoms with Gasteiger partial charge in [-0.3, -0.25) is 71.9 Å². The maximum absolute atomic E-state index is 15.7. The van der Waals surface area contributed by atoms with Crippen molar-refractivity contribution in [2.24, 2.45) is 29.4 Å². The SMILES string of the molecule is CCCC[C@H]1C(=O)N(C)CC(=O)C[C@@H](Cc2ccc(O)cc2)C(=O)C[C@@H](C(C)C)C(=O)N(C)[C@@H](Cc2ccccc2)C(=O)N[C@@H](Cc2ccc(O)cc2)C(=O)N(C)CC(=O)N[C@@H](Cc2c[nH]c3ccccc23)C(=O)N[C@@H](Cc2ccc(O)cc2)C(=O)N[C@@H](CC(C)C)C(=O)N[C@H](C(=O)CCC(N)=O)CSCC(=O)N[C@@H](Cc2ccccc2)C(=O)N(C)[C@@H](Cc2ccccc2)C(=O)N1C. The van der Waals surface area contributed by atoms with Crippen LogP contribution in [0.15, 0.2) is 194 Å². The number of rotatable bonds is 24. The average Bonchev–Trinajstić information content (AvgIpc) is 0.982. The van der Waals surface area contributed by atoms with Crippen LogP contribution in [-0.4, -0.2) is 247 Å². The molecule has 1 aliphatic rings. The number of ketones is 3. The van der Waals surface area contributed by atoms with Crippen molar-refractivity contribution in [3.63, 3.8) is 0 Å². The number of Topliss-reactive ketones (excluding diaryl/α,β-unsaturated/α-hetero) is 3. The topological polar surface area (TPSA) is 447 Å². The average molecular weight is 1840 g/mol. The molecule has 0 bridgehead atoms. The number of phenols is 3. The second-order valence-corrected chi connectivity index (χ2v) is 36.2. The van der Waals surface area contributed by atoms with Crippen LogP contribution in [0.5, 0.6) is 17.2 Å². The van der Waals surface area contributed by atoms with Crippen LogP contribution in [0.1, 0.15) is 125 Å². The normalized spacial score (nSPS) is 21.8. The van der Waals surface area contributed by atoms with E-state index in [9.17, 15) is 39.3 Å². The summed E-state index contributed by atoms with van der Waals surface area (Å²) in [7, 11) is 6.97. The van der Waals surface area contributed by atoms with Gasteiger partial charge in [0.2, 0.25) is 70.9 Å². The first-order chi connectivity index (χ1) is 63.4. The molecule has 7 aromatic carbocycles. The Kier molecular flexibility index (Phi) is 39.0. The molecule has 133 heavy (non-hydrogen) atoms.